The molecule has 8 nitrogen and oxygen atoms in total. The molecule has 2 aromatic carbocycles. The van der Waals surface area contributed by atoms with Gasteiger partial charge in [0.1, 0.15) is 13.2 Å². The fourth-order valence-corrected chi connectivity index (χ4v) is 3.32. The van der Waals surface area contributed by atoms with Crippen molar-refractivity contribution in [3.63, 3.8) is 0 Å². The van der Waals surface area contributed by atoms with Crippen LogP contribution < -0.4 is 24.3 Å². The Bertz CT molecular complexity index is 947. The number of hydrogen-bond donors (Lipinski definition) is 1. The van der Waals surface area contributed by atoms with Crippen molar-refractivity contribution in [3.05, 3.63) is 46.5 Å². The van der Waals surface area contributed by atoms with Gasteiger partial charge in [0, 0.05) is 5.56 Å². The standard InChI is InChI=1S/C21H22ClNO7/c1-26-16-5-4-12(9-17(16)27-2)15(11-19(24)28-3)23-21(25)13-8-14(22)20-18(10-13)29-6-7-30-20/h4-5,8-10,15H,6-7,11H2,1-3H3,(H,23,25)/t15-/m1/s1. The zero-order valence-electron chi connectivity index (χ0n) is 16.8. The van der Waals surface area contributed by atoms with Crippen molar-refractivity contribution < 1.29 is 33.3 Å². The first kappa shape index (κ1) is 21.6. The largest absolute Gasteiger partial charge is 0.493 e. The van der Waals surface area contributed by atoms with E-state index in [-0.39, 0.29) is 17.0 Å². The molecule has 0 fully saturated rings. The molecular formula is C21H22ClNO7. The van der Waals surface area contributed by atoms with Gasteiger partial charge in [0.15, 0.2) is 23.0 Å². The number of ether oxygens (including phenoxy) is 5. The van der Waals surface area contributed by atoms with E-state index in [1.165, 1.54) is 27.4 Å². The van der Waals surface area contributed by atoms with E-state index in [4.69, 9.17) is 35.3 Å². The lowest BCUT2D eigenvalue weighted by molar-refractivity contribution is -0.141. The summed E-state index contributed by atoms with van der Waals surface area (Å²) in [5.41, 5.74) is 0.926. The number of rotatable bonds is 7. The van der Waals surface area contributed by atoms with Crippen LogP contribution in [0.1, 0.15) is 28.4 Å². The van der Waals surface area contributed by atoms with E-state index in [2.05, 4.69) is 5.32 Å². The second kappa shape index (κ2) is 9.58. The molecule has 160 valence electrons. The number of carbonyl (C=O) groups excluding carboxylic acids is 2. The minimum absolute atomic E-state index is 0.0734. The second-order valence-corrected chi connectivity index (χ2v) is 6.81. The third kappa shape index (κ3) is 4.71. The van der Waals surface area contributed by atoms with E-state index in [9.17, 15) is 9.59 Å². The molecule has 0 radical (unpaired) electrons. The smallest absolute Gasteiger partial charge is 0.307 e. The van der Waals surface area contributed by atoms with Crippen molar-refractivity contribution in [2.75, 3.05) is 34.5 Å². The highest BCUT2D eigenvalue weighted by Crippen LogP contribution is 2.38. The van der Waals surface area contributed by atoms with E-state index < -0.39 is 17.9 Å². The SMILES string of the molecule is COC(=O)C[C@@H](NC(=O)c1cc(Cl)c2c(c1)OCCO2)c1ccc(OC)c(OC)c1. The molecule has 1 heterocycles. The van der Waals surface area contributed by atoms with E-state index >= 15 is 0 Å². The van der Waals surface area contributed by atoms with Crippen LogP contribution in [0.5, 0.6) is 23.0 Å². The van der Waals surface area contributed by atoms with Crippen LogP contribution in [0.15, 0.2) is 30.3 Å². The quantitative estimate of drug-likeness (QED) is 0.668. The zero-order chi connectivity index (χ0) is 21.7. The summed E-state index contributed by atoms with van der Waals surface area (Å²) in [7, 11) is 4.32. The van der Waals surface area contributed by atoms with Crippen LogP contribution in [-0.2, 0) is 9.53 Å². The van der Waals surface area contributed by atoms with Crippen LogP contribution in [0.25, 0.3) is 0 Å². The van der Waals surface area contributed by atoms with Crippen molar-refractivity contribution in [1.29, 1.82) is 0 Å². The Morgan fingerprint density at radius 3 is 2.50 bits per heavy atom. The topological polar surface area (TPSA) is 92.3 Å². The van der Waals surface area contributed by atoms with Gasteiger partial charge in [-0.1, -0.05) is 17.7 Å². The molecule has 1 aliphatic rings. The Morgan fingerprint density at radius 2 is 1.80 bits per heavy atom. The number of carbonyl (C=O) groups is 2. The molecule has 2 aromatic rings. The monoisotopic (exact) mass is 435 g/mol. The van der Waals surface area contributed by atoms with E-state index in [1.54, 1.807) is 24.3 Å². The molecule has 0 unspecified atom stereocenters. The number of nitrogens with one attached hydrogen (secondary N) is 1. The number of amides is 1. The van der Waals surface area contributed by atoms with Gasteiger partial charge in [-0.2, -0.15) is 0 Å². The van der Waals surface area contributed by atoms with Crippen LogP contribution in [0.4, 0.5) is 0 Å². The number of esters is 1. The maximum atomic E-state index is 12.9. The zero-order valence-corrected chi connectivity index (χ0v) is 17.6. The molecule has 1 N–H and O–H groups in total. The fourth-order valence-electron chi connectivity index (χ4n) is 3.06. The third-order valence-corrected chi connectivity index (χ3v) is 4.85. The summed E-state index contributed by atoms with van der Waals surface area (Å²) in [5, 5.41) is 3.12. The van der Waals surface area contributed by atoms with Crippen molar-refractivity contribution in [3.8, 4) is 23.0 Å². The Balaban J connectivity index is 1.89. The highest BCUT2D eigenvalue weighted by molar-refractivity contribution is 6.32. The molecule has 1 aliphatic heterocycles. The van der Waals surface area contributed by atoms with Crippen molar-refractivity contribution in [2.45, 2.75) is 12.5 Å². The van der Waals surface area contributed by atoms with Gasteiger partial charge in [0.25, 0.3) is 5.91 Å². The first-order chi connectivity index (χ1) is 14.5. The Labute approximate surface area is 179 Å². The van der Waals surface area contributed by atoms with Gasteiger partial charge < -0.3 is 29.0 Å². The molecule has 0 saturated carbocycles. The maximum absolute atomic E-state index is 12.9. The predicted octanol–water partition coefficient (Wildman–Crippen LogP) is 3.16. The number of halogens is 1. The lowest BCUT2D eigenvalue weighted by Crippen LogP contribution is -2.30. The minimum Gasteiger partial charge on any atom is -0.493 e. The van der Waals surface area contributed by atoms with Crippen LogP contribution in [0, 0.1) is 0 Å². The Kier molecular flexibility index (Phi) is 6.89. The van der Waals surface area contributed by atoms with Crippen LogP contribution in [-0.4, -0.2) is 46.4 Å². The number of fused-ring (bicyclic) bond motifs is 1. The lowest BCUT2D eigenvalue weighted by atomic mass is 10.0. The summed E-state index contributed by atoms with van der Waals surface area (Å²) in [5.74, 6) is 0.900. The highest BCUT2D eigenvalue weighted by atomic mass is 35.5. The first-order valence-corrected chi connectivity index (χ1v) is 9.53. The normalized spacial score (nSPS) is 13.2. The number of hydrogen-bond acceptors (Lipinski definition) is 7. The summed E-state index contributed by atoms with van der Waals surface area (Å²) in [4.78, 5) is 24.9. The molecule has 0 aromatic heterocycles. The minimum atomic E-state index is -0.670. The molecule has 30 heavy (non-hydrogen) atoms. The van der Waals surface area contributed by atoms with Gasteiger partial charge in [-0.25, -0.2) is 0 Å². The molecule has 0 bridgehead atoms. The van der Waals surface area contributed by atoms with Crippen LogP contribution in [0.3, 0.4) is 0 Å². The summed E-state index contributed by atoms with van der Waals surface area (Å²) in [6.45, 7) is 0.754. The van der Waals surface area contributed by atoms with Gasteiger partial charge in [-0.05, 0) is 29.8 Å². The van der Waals surface area contributed by atoms with Gasteiger partial charge >= 0.3 is 5.97 Å². The van der Waals surface area contributed by atoms with Crippen molar-refractivity contribution in [2.24, 2.45) is 0 Å². The van der Waals surface area contributed by atoms with E-state index in [0.717, 1.165) is 0 Å². The molecule has 0 saturated heterocycles. The lowest BCUT2D eigenvalue weighted by Gasteiger charge is -2.22. The summed E-state index contributed by atoms with van der Waals surface area (Å²) in [6, 6.07) is 7.52. The molecule has 0 spiro atoms. The Morgan fingerprint density at radius 1 is 1.07 bits per heavy atom. The van der Waals surface area contributed by atoms with E-state index in [0.29, 0.717) is 41.8 Å². The number of methoxy groups -OCH3 is 3. The average molecular weight is 436 g/mol. The Hall–Kier alpha value is -3.13. The molecule has 0 aliphatic carbocycles. The average Bonchev–Trinajstić information content (AvgIpc) is 2.77. The number of benzene rings is 2. The highest BCUT2D eigenvalue weighted by Gasteiger charge is 2.24. The predicted molar refractivity (Wildman–Crippen MR) is 109 cm³/mol. The van der Waals surface area contributed by atoms with Gasteiger partial charge in [0.05, 0.1) is 38.8 Å². The summed E-state index contributed by atoms with van der Waals surface area (Å²) >= 11 is 6.24. The van der Waals surface area contributed by atoms with Gasteiger partial charge in [-0.3, -0.25) is 9.59 Å². The molecular weight excluding hydrogens is 414 g/mol. The summed E-state index contributed by atoms with van der Waals surface area (Å²) < 4.78 is 26.4. The first-order valence-electron chi connectivity index (χ1n) is 9.15. The van der Waals surface area contributed by atoms with Crippen LogP contribution in [0.2, 0.25) is 5.02 Å². The molecule has 3 rings (SSSR count). The molecule has 9 heteroatoms. The maximum Gasteiger partial charge on any atom is 0.307 e. The van der Waals surface area contributed by atoms with Crippen molar-refractivity contribution in [1.82, 2.24) is 5.32 Å². The van der Waals surface area contributed by atoms with Gasteiger partial charge in [-0.15, -0.1) is 0 Å². The third-order valence-electron chi connectivity index (χ3n) is 4.57. The summed E-state index contributed by atoms with van der Waals surface area (Å²) in [6.07, 6.45) is -0.0734. The van der Waals surface area contributed by atoms with Crippen LogP contribution >= 0.6 is 11.6 Å². The molecule has 1 atom stereocenters. The van der Waals surface area contributed by atoms with Gasteiger partial charge in [0.2, 0.25) is 0 Å². The fraction of sp³-hybridized carbons (Fsp3) is 0.333. The van der Waals surface area contributed by atoms with Crippen molar-refractivity contribution >= 4 is 23.5 Å². The van der Waals surface area contributed by atoms with E-state index in [1.807, 2.05) is 0 Å². The molecule has 1 amide bonds. The second-order valence-electron chi connectivity index (χ2n) is 6.40.